The highest BCUT2D eigenvalue weighted by Crippen LogP contribution is 2.19. The van der Waals surface area contributed by atoms with Gasteiger partial charge in [-0.15, -0.1) is 0 Å². The molecule has 3 N–H and O–H groups in total. The average Bonchev–Trinajstić information content (AvgIpc) is 2.32. The SMILES string of the molecule is Cc1c(NC(=O)CCCCO)cccc1C(=O)O. The van der Waals surface area contributed by atoms with Crippen LogP contribution in [-0.4, -0.2) is 28.7 Å². The lowest BCUT2D eigenvalue weighted by molar-refractivity contribution is -0.116. The number of unbranched alkanes of at least 4 members (excludes halogenated alkanes) is 1. The number of carboxylic acid groups (broad SMARTS) is 1. The van der Waals surface area contributed by atoms with Gasteiger partial charge < -0.3 is 15.5 Å². The summed E-state index contributed by atoms with van der Waals surface area (Å²) in [4.78, 5) is 22.5. The number of rotatable bonds is 6. The predicted molar refractivity (Wildman–Crippen MR) is 67.7 cm³/mol. The Hall–Kier alpha value is -1.88. The summed E-state index contributed by atoms with van der Waals surface area (Å²) >= 11 is 0. The second-order valence-electron chi connectivity index (χ2n) is 4.01. The molecule has 0 unspecified atom stereocenters. The highest BCUT2D eigenvalue weighted by atomic mass is 16.4. The number of aromatic carboxylic acids is 1. The van der Waals surface area contributed by atoms with Crippen LogP contribution in [0.25, 0.3) is 0 Å². The Morgan fingerprint density at radius 3 is 2.61 bits per heavy atom. The van der Waals surface area contributed by atoms with E-state index in [2.05, 4.69) is 5.32 Å². The summed E-state index contributed by atoms with van der Waals surface area (Å²) in [5.74, 6) is -1.18. The van der Waals surface area contributed by atoms with E-state index in [9.17, 15) is 9.59 Å². The summed E-state index contributed by atoms with van der Waals surface area (Å²) in [6.07, 6.45) is 1.51. The molecule has 0 bridgehead atoms. The first-order valence-corrected chi connectivity index (χ1v) is 5.80. The zero-order valence-electron chi connectivity index (χ0n) is 10.3. The molecular formula is C13H17NO4. The number of hydrogen-bond donors (Lipinski definition) is 3. The van der Waals surface area contributed by atoms with Crippen molar-refractivity contribution in [3.8, 4) is 0 Å². The molecule has 0 spiro atoms. The fourth-order valence-electron chi connectivity index (χ4n) is 1.61. The summed E-state index contributed by atoms with van der Waals surface area (Å²) in [5.41, 5.74) is 1.24. The van der Waals surface area contributed by atoms with Crippen molar-refractivity contribution < 1.29 is 19.8 Å². The van der Waals surface area contributed by atoms with Gasteiger partial charge in [0, 0.05) is 18.7 Å². The Morgan fingerprint density at radius 2 is 2.00 bits per heavy atom. The van der Waals surface area contributed by atoms with Gasteiger partial charge in [-0.05, 0) is 37.5 Å². The van der Waals surface area contributed by atoms with Crippen molar-refractivity contribution in [1.82, 2.24) is 0 Å². The molecule has 18 heavy (non-hydrogen) atoms. The average molecular weight is 251 g/mol. The van der Waals surface area contributed by atoms with Crippen LogP contribution in [0, 0.1) is 6.92 Å². The lowest BCUT2D eigenvalue weighted by Crippen LogP contribution is -2.13. The molecule has 1 rings (SSSR count). The standard InChI is InChI=1S/C13H17NO4/c1-9-10(13(17)18)5-4-6-11(9)14-12(16)7-2-3-8-15/h4-6,15H,2-3,7-8H2,1H3,(H,14,16)(H,17,18). The number of benzene rings is 1. The summed E-state index contributed by atoms with van der Waals surface area (Å²) in [7, 11) is 0. The van der Waals surface area contributed by atoms with E-state index in [0.717, 1.165) is 0 Å². The van der Waals surface area contributed by atoms with E-state index in [1.54, 1.807) is 19.1 Å². The lowest BCUT2D eigenvalue weighted by atomic mass is 10.1. The molecule has 0 aliphatic rings. The zero-order valence-corrected chi connectivity index (χ0v) is 10.3. The van der Waals surface area contributed by atoms with Gasteiger partial charge in [0.1, 0.15) is 0 Å². The van der Waals surface area contributed by atoms with E-state index in [4.69, 9.17) is 10.2 Å². The smallest absolute Gasteiger partial charge is 0.336 e. The summed E-state index contributed by atoms with van der Waals surface area (Å²) < 4.78 is 0. The second kappa shape index (κ2) is 6.76. The molecule has 0 aliphatic heterocycles. The van der Waals surface area contributed by atoms with E-state index >= 15 is 0 Å². The Morgan fingerprint density at radius 1 is 1.28 bits per heavy atom. The molecule has 5 heteroatoms. The number of carbonyl (C=O) groups is 2. The minimum atomic E-state index is -1.01. The third-order valence-electron chi connectivity index (χ3n) is 2.65. The molecule has 0 saturated heterocycles. The molecule has 5 nitrogen and oxygen atoms in total. The molecule has 0 radical (unpaired) electrons. The van der Waals surface area contributed by atoms with E-state index < -0.39 is 5.97 Å². The normalized spacial score (nSPS) is 10.1. The largest absolute Gasteiger partial charge is 0.478 e. The van der Waals surface area contributed by atoms with Crippen LogP contribution in [0.15, 0.2) is 18.2 Å². The van der Waals surface area contributed by atoms with Gasteiger partial charge in [-0.3, -0.25) is 4.79 Å². The second-order valence-corrected chi connectivity index (χ2v) is 4.01. The molecule has 1 amide bonds. The van der Waals surface area contributed by atoms with Gasteiger partial charge >= 0.3 is 5.97 Å². The van der Waals surface area contributed by atoms with Crippen LogP contribution in [0.4, 0.5) is 5.69 Å². The molecule has 1 aromatic carbocycles. The molecule has 0 heterocycles. The molecule has 98 valence electrons. The van der Waals surface area contributed by atoms with Gasteiger partial charge in [0.05, 0.1) is 5.56 Å². The number of aliphatic hydroxyl groups excluding tert-OH is 1. The number of aliphatic hydroxyl groups is 1. The molecule has 0 atom stereocenters. The monoisotopic (exact) mass is 251 g/mol. The Labute approximate surface area is 105 Å². The van der Waals surface area contributed by atoms with Crippen LogP contribution in [0.2, 0.25) is 0 Å². The molecule has 0 fully saturated rings. The van der Waals surface area contributed by atoms with Crippen LogP contribution in [-0.2, 0) is 4.79 Å². The third-order valence-corrected chi connectivity index (χ3v) is 2.65. The van der Waals surface area contributed by atoms with Crippen molar-refractivity contribution in [2.45, 2.75) is 26.2 Å². The van der Waals surface area contributed by atoms with Gasteiger partial charge in [0.15, 0.2) is 0 Å². The van der Waals surface area contributed by atoms with Crippen LogP contribution in [0.5, 0.6) is 0 Å². The van der Waals surface area contributed by atoms with Gasteiger partial charge in [0.2, 0.25) is 5.91 Å². The van der Waals surface area contributed by atoms with E-state index in [0.29, 0.717) is 30.5 Å². The first kappa shape index (κ1) is 14.2. The number of anilines is 1. The van der Waals surface area contributed by atoms with Crippen LogP contribution in [0.3, 0.4) is 0 Å². The number of hydrogen-bond acceptors (Lipinski definition) is 3. The van der Waals surface area contributed by atoms with E-state index in [-0.39, 0.29) is 18.1 Å². The van der Waals surface area contributed by atoms with Gasteiger partial charge in [0.25, 0.3) is 0 Å². The Balaban J connectivity index is 2.70. The van der Waals surface area contributed by atoms with Crippen LogP contribution >= 0.6 is 0 Å². The molecule has 0 aromatic heterocycles. The van der Waals surface area contributed by atoms with Crippen molar-refractivity contribution in [2.24, 2.45) is 0 Å². The summed E-state index contributed by atoms with van der Waals surface area (Å²) in [6.45, 7) is 1.73. The molecule has 0 saturated carbocycles. The van der Waals surface area contributed by atoms with Gasteiger partial charge in [-0.25, -0.2) is 4.79 Å². The first-order chi connectivity index (χ1) is 8.56. The first-order valence-electron chi connectivity index (χ1n) is 5.80. The maximum absolute atomic E-state index is 11.6. The van der Waals surface area contributed by atoms with Crippen LogP contribution < -0.4 is 5.32 Å². The predicted octanol–water partition coefficient (Wildman–Crippen LogP) is 1.79. The van der Waals surface area contributed by atoms with Crippen molar-refractivity contribution in [1.29, 1.82) is 0 Å². The summed E-state index contributed by atoms with van der Waals surface area (Å²) in [5, 5.41) is 20.3. The summed E-state index contributed by atoms with van der Waals surface area (Å²) in [6, 6.07) is 4.77. The maximum Gasteiger partial charge on any atom is 0.336 e. The Bertz CT molecular complexity index is 443. The van der Waals surface area contributed by atoms with Crippen molar-refractivity contribution in [3.05, 3.63) is 29.3 Å². The van der Waals surface area contributed by atoms with E-state index in [1.165, 1.54) is 6.07 Å². The van der Waals surface area contributed by atoms with Crippen LogP contribution in [0.1, 0.15) is 35.2 Å². The van der Waals surface area contributed by atoms with Crippen molar-refractivity contribution >= 4 is 17.6 Å². The van der Waals surface area contributed by atoms with Gasteiger partial charge in [-0.2, -0.15) is 0 Å². The van der Waals surface area contributed by atoms with Crippen molar-refractivity contribution in [2.75, 3.05) is 11.9 Å². The van der Waals surface area contributed by atoms with Crippen molar-refractivity contribution in [3.63, 3.8) is 0 Å². The quantitative estimate of drug-likeness (QED) is 0.673. The number of carboxylic acids is 1. The highest BCUT2D eigenvalue weighted by Gasteiger charge is 2.11. The minimum absolute atomic E-state index is 0.0702. The highest BCUT2D eigenvalue weighted by molar-refractivity contribution is 5.95. The van der Waals surface area contributed by atoms with Gasteiger partial charge in [-0.1, -0.05) is 6.07 Å². The fourth-order valence-corrected chi connectivity index (χ4v) is 1.61. The number of nitrogens with one attached hydrogen (secondary N) is 1. The number of amides is 1. The maximum atomic E-state index is 11.6. The fraction of sp³-hybridized carbons (Fsp3) is 0.385. The zero-order chi connectivity index (χ0) is 13.5. The third kappa shape index (κ3) is 3.85. The molecular weight excluding hydrogens is 234 g/mol. The molecule has 0 aliphatic carbocycles. The molecule has 1 aromatic rings. The van der Waals surface area contributed by atoms with E-state index in [1.807, 2.05) is 0 Å². The number of carbonyl (C=O) groups excluding carboxylic acids is 1. The topological polar surface area (TPSA) is 86.6 Å². The Kier molecular flexibility index (Phi) is 5.32. The lowest BCUT2D eigenvalue weighted by Gasteiger charge is -2.10. The minimum Gasteiger partial charge on any atom is -0.478 e.